The van der Waals surface area contributed by atoms with Gasteiger partial charge in [0.15, 0.2) is 0 Å². The molecule has 8 nitrogen and oxygen atoms in total. The fourth-order valence-electron chi connectivity index (χ4n) is 2.93. The fraction of sp³-hybridized carbons (Fsp3) is 0.100. The Morgan fingerprint density at radius 3 is 2.26 bits per heavy atom. The van der Waals surface area contributed by atoms with Crippen molar-refractivity contribution in [1.29, 1.82) is 5.41 Å². The van der Waals surface area contributed by atoms with E-state index >= 15 is 0 Å². The average molecular weight is 567 g/mol. The van der Waals surface area contributed by atoms with Crippen LogP contribution in [0.2, 0.25) is 10.0 Å². The van der Waals surface area contributed by atoms with Gasteiger partial charge in [-0.3, -0.25) is 19.8 Å². The van der Waals surface area contributed by atoms with Crippen LogP contribution in [0.5, 0.6) is 0 Å². The second-order valence-corrected chi connectivity index (χ2v) is 11.4. The normalized spacial score (nSPS) is 12.3. The van der Waals surface area contributed by atoms with Crippen LogP contribution in [0.15, 0.2) is 59.6 Å². The average Bonchev–Trinajstić information content (AvgIpc) is 2.71. The smallest absolute Gasteiger partial charge is 0.298 e. The van der Waals surface area contributed by atoms with E-state index in [0.717, 1.165) is 30.7 Å². The maximum absolute atomic E-state index is 13.2. The summed E-state index contributed by atoms with van der Waals surface area (Å²) >= 11 is 11.5. The molecule has 0 saturated heterocycles. The third-order valence-corrected chi connectivity index (χ3v) is 6.87. The predicted molar refractivity (Wildman–Crippen MR) is 127 cm³/mol. The van der Waals surface area contributed by atoms with Gasteiger partial charge >= 0.3 is 6.18 Å². The molecule has 15 heteroatoms. The molecule has 35 heavy (non-hydrogen) atoms. The Morgan fingerprint density at radius 2 is 1.63 bits per heavy atom. The van der Waals surface area contributed by atoms with E-state index in [4.69, 9.17) is 28.6 Å². The number of benzene rings is 2. The number of halogens is 5. The molecule has 1 heterocycles. The number of hydrogen-bond acceptors (Lipinski definition) is 6. The van der Waals surface area contributed by atoms with E-state index in [0.29, 0.717) is 6.07 Å². The Kier molecular flexibility index (Phi) is 7.37. The quantitative estimate of drug-likeness (QED) is 0.347. The van der Waals surface area contributed by atoms with E-state index in [1.54, 1.807) is 0 Å². The summed E-state index contributed by atoms with van der Waals surface area (Å²) in [7, 11) is -8.34. The minimum absolute atomic E-state index is 0.0260. The minimum atomic E-state index is -4.90. The van der Waals surface area contributed by atoms with Gasteiger partial charge < -0.3 is 0 Å². The van der Waals surface area contributed by atoms with Crippen molar-refractivity contribution < 1.29 is 30.0 Å². The molecule has 2 aromatic carbocycles. The summed E-state index contributed by atoms with van der Waals surface area (Å²) in [6, 6.07) is 8.99. The molecule has 0 aliphatic heterocycles. The van der Waals surface area contributed by atoms with Gasteiger partial charge in [-0.1, -0.05) is 41.4 Å². The van der Waals surface area contributed by atoms with E-state index in [1.807, 2.05) is 0 Å². The van der Waals surface area contributed by atoms with Crippen molar-refractivity contribution in [2.24, 2.45) is 0 Å². The topological polar surface area (TPSA) is 129 Å². The predicted octanol–water partition coefficient (Wildman–Crippen LogP) is 5.00. The van der Waals surface area contributed by atoms with Crippen molar-refractivity contribution in [3.8, 4) is 0 Å². The van der Waals surface area contributed by atoms with Gasteiger partial charge in [-0.25, -0.2) is 16.8 Å². The Hall–Kier alpha value is -2.87. The fourth-order valence-corrected chi connectivity index (χ4v) is 4.97. The van der Waals surface area contributed by atoms with Crippen LogP contribution in [0.4, 0.5) is 24.5 Å². The zero-order valence-corrected chi connectivity index (χ0v) is 20.6. The van der Waals surface area contributed by atoms with Crippen LogP contribution in [0, 0.1) is 5.41 Å². The maximum Gasteiger partial charge on any atom is 0.417 e. The highest BCUT2D eigenvalue weighted by Crippen LogP contribution is 2.36. The number of sulfonamides is 2. The molecule has 186 valence electrons. The molecule has 0 bridgehead atoms. The van der Waals surface area contributed by atoms with Gasteiger partial charge in [-0.15, -0.1) is 0 Å². The van der Waals surface area contributed by atoms with Crippen LogP contribution >= 0.6 is 23.2 Å². The summed E-state index contributed by atoms with van der Waals surface area (Å²) in [6.07, 6.45) is -2.86. The highest BCUT2D eigenvalue weighted by molar-refractivity contribution is 7.92. The van der Waals surface area contributed by atoms with Gasteiger partial charge in [0.2, 0.25) is 10.0 Å². The van der Waals surface area contributed by atoms with Crippen LogP contribution in [0.1, 0.15) is 16.8 Å². The number of nitrogens with zero attached hydrogens (tertiary/aromatic N) is 1. The van der Waals surface area contributed by atoms with Crippen LogP contribution in [0.3, 0.4) is 0 Å². The molecule has 3 N–H and O–H groups in total. The van der Waals surface area contributed by atoms with Gasteiger partial charge in [-0.2, -0.15) is 13.2 Å². The number of para-hydroxylation sites is 1. The minimum Gasteiger partial charge on any atom is -0.298 e. The number of rotatable bonds is 7. The number of anilines is 2. The zero-order chi connectivity index (χ0) is 26.2. The monoisotopic (exact) mass is 566 g/mol. The third kappa shape index (κ3) is 6.42. The van der Waals surface area contributed by atoms with Gasteiger partial charge in [0.25, 0.3) is 10.0 Å². The highest BCUT2D eigenvalue weighted by atomic mass is 35.5. The van der Waals surface area contributed by atoms with Crippen molar-refractivity contribution in [1.82, 2.24) is 4.98 Å². The molecular weight excluding hydrogens is 552 g/mol. The van der Waals surface area contributed by atoms with Gasteiger partial charge in [0.05, 0.1) is 43.8 Å². The van der Waals surface area contributed by atoms with E-state index in [2.05, 4.69) is 14.4 Å². The number of alkyl halides is 3. The lowest BCUT2D eigenvalue weighted by atomic mass is 10.0. The van der Waals surface area contributed by atoms with Crippen LogP contribution < -0.4 is 9.44 Å². The lowest BCUT2D eigenvalue weighted by molar-refractivity contribution is -0.137. The molecule has 0 fully saturated rings. The second-order valence-electron chi connectivity index (χ2n) is 7.09. The van der Waals surface area contributed by atoms with Crippen molar-refractivity contribution in [2.45, 2.75) is 11.1 Å². The zero-order valence-electron chi connectivity index (χ0n) is 17.5. The van der Waals surface area contributed by atoms with Crippen LogP contribution in [-0.2, 0) is 26.2 Å². The molecule has 3 rings (SSSR count). The van der Waals surface area contributed by atoms with Gasteiger partial charge in [0.1, 0.15) is 5.69 Å². The molecule has 0 aliphatic rings. The van der Waals surface area contributed by atoms with E-state index in [1.165, 1.54) is 24.3 Å². The summed E-state index contributed by atoms with van der Waals surface area (Å²) in [5, 5.41) is 7.83. The van der Waals surface area contributed by atoms with E-state index in [9.17, 15) is 30.0 Å². The third-order valence-electron chi connectivity index (χ3n) is 4.38. The number of aromatic nitrogens is 1. The summed E-state index contributed by atoms with van der Waals surface area (Å²) in [5.74, 6) is 0. The first kappa shape index (κ1) is 26.7. The Morgan fingerprint density at radius 1 is 0.971 bits per heavy atom. The molecule has 1 aromatic heterocycles. The molecule has 0 spiro atoms. The summed E-state index contributed by atoms with van der Waals surface area (Å²) in [4.78, 5) is 3.23. The summed E-state index contributed by atoms with van der Waals surface area (Å²) in [6.45, 7) is 0. The van der Waals surface area contributed by atoms with Crippen molar-refractivity contribution in [3.63, 3.8) is 0 Å². The van der Waals surface area contributed by atoms with Crippen LogP contribution in [-0.4, -0.2) is 33.8 Å². The first-order valence-corrected chi connectivity index (χ1v) is 13.4. The first-order chi connectivity index (χ1) is 16.1. The van der Waals surface area contributed by atoms with Crippen LogP contribution in [0.25, 0.3) is 0 Å². The molecule has 0 saturated carbocycles. The largest absolute Gasteiger partial charge is 0.417 e. The number of pyridine rings is 1. The lowest BCUT2D eigenvalue weighted by Gasteiger charge is -2.16. The number of hydrogen-bond donors (Lipinski definition) is 3. The van der Waals surface area contributed by atoms with Gasteiger partial charge in [-0.05, 0) is 30.3 Å². The van der Waals surface area contributed by atoms with Crippen molar-refractivity contribution in [3.05, 3.63) is 81.6 Å². The maximum atomic E-state index is 13.2. The van der Waals surface area contributed by atoms with E-state index < -0.39 is 47.4 Å². The molecule has 0 radical (unpaired) electrons. The molecular formula is C20H15Cl2F3N4O4S2. The number of nitrogens with one attached hydrogen (secondary N) is 3. The Balaban J connectivity index is 2.07. The summed E-state index contributed by atoms with van der Waals surface area (Å²) < 4.78 is 93.2. The standard InChI is InChI=1S/C20H15Cl2F3N4O4S2/c1-34(30,31)28-16-5-3-2-4-13(16)18(26)19-17(8-11(21)10-27-19)29-35(32,33)12-6-7-15(22)14(9-12)20(23,24)25/h2-10,26,28-29H,1H3. The lowest BCUT2D eigenvalue weighted by Crippen LogP contribution is -2.19. The van der Waals surface area contributed by atoms with E-state index in [-0.39, 0.29) is 27.7 Å². The van der Waals surface area contributed by atoms with Crippen molar-refractivity contribution in [2.75, 3.05) is 15.7 Å². The Labute approximate surface area is 208 Å². The summed E-state index contributed by atoms with van der Waals surface area (Å²) in [5.41, 5.74) is -2.23. The molecule has 3 aromatic rings. The Bertz CT molecular complexity index is 1530. The highest BCUT2D eigenvalue weighted by Gasteiger charge is 2.34. The molecule has 0 unspecified atom stereocenters. The van der Waals surface area contributed by atoms with Crippen molar-refractivity contribution >= 4 is 60.3 Å². The molecule has 0 atom stereocenters. The van der Waals surface area contributed by atoms with Gasteiger partial charge in [0, 0.05) is 11.8 Å². The second kappa shape index (κ2) is 9.64. The SMILES string of the molecule is CS(=O)(=O)Nc1ccccc1C(=N)c1ncc(Cl)cc1NS(=O)(=O)c1ccc(Cl)c(C(F)(F)F)c1. The molecule has 0 amide bonds. The first-order valence-electron chi connectivity index (χ1n) is 9.30. The molecule has 0 aliphatic carbocycles.